The lowest BCUT2D eigenvalue weighted by atomic mass is 10.2. The average molecular weight is 395 g/mol. The third-order valence-corrected chi connectivity index (χ3v) is 5.52. The first-order valence-corrected chi connectivity index (χ1v) is 9.77. The zero-order chi connectivity index (χ0) is 19.7. The highest BCUT2D eigenvalue weighted by Gasteiger charge is 2.25. The van der Waals surface area contributed by atoms with Crippen LogP contribution in [0.5, 0.6) is 5.75 Å². The van der Waals surface area contributed by atoms with E-state index in [0.29, 0.717) is 35.3 Å². The number of rotatable bonds is 6. The quantitative estimate of drug-likeness (QED) is 0.488. The number of carbonyl (C=O) groups is 1. The smallest absolute Gasteiger partial charge is 0.295 e. The Morgan fingerprint density at radius 1 is 1.14 bits per heavy atom. The van der Waals surface area contributed by atoms with Crippen molar-refractivity contribution < 1.29 is 13.9 Å². The van der Waals surface area contributed by atoms with Crippen LogP contribution in [0.1, 0.15) is 10.6 Å². The standard InChI is InChI=1S/C21H21N3O3S/c1-23(2)11-12-24(20(25)17-13-14-7-4-5-8-15(14)27-17)21-22-19-16(26-3)9-6-10-18(19)28-21/h4-10,13H,11-12H2,1-3H3. The summed E-state index contributed by atoms with van der Waals surface area (Å²) in [5, 5.41) is 1.54. The molecule has 2 aromatic carbocycles. The molecule has 0 N–H and O–H groups in total. The van der Waals surface area contributed by atoms with E-state index in [-0.39, 0.29) is 5.91 Å². The molecule has 0 atom stereocenters. The highest BCUT2D eigenvalue weighted by atomic mass is 32.1. The Morgan fingerprint density at radius 3 is 2.71 bits per heavy atom. The molecule has 0 radical (unpaired) electrons. The molecule has 4 rings (SSSR count). The first-order valence-electron chi connectivity index (χ1n) is 8.95. The van der Waals surface area contributed by atoms with E-state index in [1.807, 2.05) is 61.5 Å². The molecule has 0 aliphatic carbocycles. The molecule has 0 aliphatic rings. The number of hydrogen-bond acceptors (Lipinski definition) is 6. The zero-order valence-corrected chi connectivity index (χ0v) is 16.8. The summed E-state index contributed by atoms with van der Waals surface area (Å²) in [7, 11) is 5.58. The van der Waals surface area contributed by atoms with Gasteiger partial charge in [0.2, 0.25) is 0 Å². The lowest BCUT2D eigenvalue weighted by Gasteiger charge is -2.20. The van der Waals surface area contributed by atoms with Crippen molar-refractivity contribution in [3.05, 3.63) is 54.3 Å². The predicted octanol–water partition coefficient (Wildman–Crippen LogP) is 4.26. The van der Waals surface area contributed by atoms with E-state index in [2.05, 4.69) is 0 Å². The Kier molecular flexibility index (Phi) is 5.02. The van der Waals surface area contributed by atoms with Gasteiger partial charge in [-0.1, -0.05) is 35.6 Å². The summed E-state index contributed by atoms with van der Waals surface area (Å²) in [6, 6.07) is 15.2. The van der Waals surface area contributed by atoms with Gasteiger partial charge in [-0.05, 0) is 38.4 Å². The van der Waals surface area contributed by atoms with Gasteiger partial charge in [0, 0.05) is 18.5 Å². The summed E-state index contributed by atoms with van der Waals surface area (Å²) in [5.41, 5.74) is 1.46. The summed E-state index contributed by atoms with van der Waals surface area (Å²) in [6.45, 7) is 1.21. The number of para-hydroxylation sites is 2. The summed E-state index contributed by atoms with van der Waals surface area (Å²) in [5.74, 6) is 0.811. The molecule has 144 valence electrons. The molecule has 6 nitrogen and oxygen atoms in total. The molecule has 2 heterocycles. The maximum atomic E-state index is 13.3. The Labute approximate surface area is 166 Å². The van der Waals surface area contributed by atoms with Crippen LogP contribution in [0.3, 0.4) is 0 Å². The Morgan fingerprint density at radius 2 is 1.96 bits per heavy atom. The number of fused-ring (bicyclic) bond motifs is 2. The molecule has 0 unspecified atom stereocenters. The van der Waals surface area contributed by atoms with E-state index < -0.39 is 0 Å². The highest BCUT2D eigenvalue weighted by Crippen LogP contribution is 2.35. The van der Waals surface area contributed by atoms with Crippen LogP contribution in [0, 0.1) is 0 Å². The van der Waals surface area contributed by atoms with E-state index in [9.17, 15) is 4.79 Å². The minimum Gasteiger partial charge on any atom is -0.494 e. The second-order valence-corrected chi connectivity index (χ2v) is 7.72. The van der Waals surface area contributed by atoms with Gasteiger partial charge < -0.3 is 14.1 Å². The highest BCUT2D eigenvalue weighted by molar-refractivity contribution is 7.22. The molecule has 7 heteroatoms. The van der Waals surface area contributed by atoms with Crippen LogP contribution in [0.15, 0.2) is 52.9 Å². The first kappa shape index (κ1) is 18.5. The monoisotopic (exact) mass is 395 g/mol. The zero-order valence-electron chi connectivity index (χ0n) is 16.0. The van der Waals surface area contributed by atoms with Crippen molar-refractivity contribution in [1.82, 2.24) is 9.88 Å². The number of carbonyl (C=O) groups excluding carboxylic acids is 1. The van der Waals surface area contributed by atoms with Gasteiger partial charge in [0.25, 0.3) is 5.91 Å². The fourth-order valence-electron chi connectivity index (χ4n) is 3.00. The lowest BCUT2D eigenvalue weighted by Crippen LogP contribution is -2.36. The van der Waals surface area contributed by atoms with Crippen LogP contribution in [-0.4, -0.2) is 50.1 Å². The van der Waals surface area contributed by atoms with Crippen LogP contribution in [0.2, 0.25) is 0 Å². The molecule has 1 amide bonds. The van der Waals surface area contributed by atoms with Gasteiger partial charge >= 0.3 is 0 Å². The Bertz CT molecular complexity index is 1100. The fourth-order valence-corrected chi connectivity index (χ4v) is 4.00. The molecule has 0 aliphatic heterocycles. The van der Waals surface area contributed by atoms with Gasteiger partial charge in [-0.3, -0.25) is 9.69 Å². The largest absolute Gasteiger partial charge is 0.494 e. The number of ether oxygens (including phenoxy) is 1. The first-order chi connectivity index (χ1) is 13.6. The third kappa shape index (κ3) is 3.46. The second-order valence-electron chi connectivity index (χ2n) is 6.71. The second kappa shape index (κ2) is 7.61. The molecule has 4 aromatic rings. The topological polar surface area (TPSA) is 58.8 Å². The van der Waals surface area contributed by atoms with Crippen molar-refractivity contribution in [2.45, 2.75) is 0 Å². The van der Waals surface area contributed by atoms with Gasteiger partial charge in [-0.15, -0.1) is 0 Å². The number of hydrogen-bond donors (Lipinski definition) is 0. The summed E-state index contributed by atoms with van der Waals surface area (Å²) in [4.78, 5) is 21.7. The molecular weight excluding hydrogens is 374 g/mol. The van der Waals surface area contributed by atoms with Crippen molar-refractivity contribution in [2.75, 3.05) is 39.2 Å². The molecule has 0 bridgehead atoms. The number of thiazole rings is 1. The van der Waals surface area contributed by atoms with Crippen molar-refractivity contribution in [3.63, 3.8) is 0 Å². The number of benzene rings is 2. The molecule has 28 heavy (non-hydrogen) atoms. The molecule has 0 fully saturated rings. The minimum absolute atomic E-state index is 0.198. The molecule has 0 saturated heterocycles. The van der Waals surface area contributed by atoms with Crippen LogP contribution in [-0.2, 0) is 0 Å². The van der Waals surface area contributed by atoms with Crippen molar-refractivity contribution in [3.8, 4) is 5.75 Å². The van der Waals surface area contributed by atoms with Crippen molar-refractivity contribution in [2.24, 2.45) is 0 Å². The van der Waals surface area contributed by atoms with Crippen LogP contribution >= 0.6 is 11.3 Å². The number of amides is 1. The predicted molar refractivity (Wildman–Crippen MR) is 113 cm³/mol. The molecule has 0 spiro atoms. The summed E-state index contributed by atoms with van der Waals surface area (Å²) >= 11 is 1.47. The molecule has 0 saturated carbocycles. The third-order valence-electron chi connectivity index (χ3n) is 4.47. The molecular formula is C21H21N3O3S. The van der Waals surface area contributed by atoms with E-state index in [4.69, 9.17) is 14.1 Å². The van der Waals surface area contributed by atoms with Gasteiger partial charge in [0.1, 0.15) is 16.8 Å². The fraction of sp³-hybridized carbons (Fsp3) is 0.238. The van der Waals surface area contributed by atoms with E-state index >= 15 is 0 Å². The van der Waals surface area contributed by atoms with Crippen LogP contribution in [0.4, 0.5) is 5.13 Å². The molecule has 2 aromatic heterocycles. The van der Waals surface area contributed by atoms with E-state index in [1.165, 1.54) is 11.3 Å². The number of methoxy groups -OCH3 is 1. The average Bonchev–Trinajstić information content (AvgIpc) is 3.31. The number of anilines is 1. The van der Waals surface area contributed by atoms with Gasteiger partial charge in [-0.2, -0.15) is 0 Å². The van der Waals surface area contributed by atoms with Gasteiger partial charge in [-0.25, -0.2) is 4.98 Å². The number of aromatic nitrogens is 1. The summed E-state index contributed by atoms with van der Waals surface area (Å²) in [6.07, 6.45) is 0. The Hall–Kier alpha value is -2.90. The van der Waals surface area contributed by atoms with Gasteiger partial charge in [0.15, 0.2) is 10.9 Å². The SMILES string of the molecule is COc1cccc2sc(N(CCN(C)C)C(=O)c3cc4ccccc4o3)nc12. The minimum atomic E-state index is -0.198. The van der Waals surface area contributed by atoms with E-state index in [0.717, 1.165) is 15.6 Å². The van der Waals surface area contributed by atoms with Crippen molar-refractivity contribution >= 4 is 43.6 Å². The number of furan rings is 1. The van der Waals surface area contributed by atoms with Crippen LogP contribution < -0.4 is 9.64 Å². The Balaban J connectivity index is 1.75. The maximum absolute atomic E-state index is 13.3. The number of likely N-dealkylation sites (N-methyl/N-ethyl adjacent to an activating group) is 1. The lowest BCUT2D eigenvalue weighted by molar-refractivity contribution is 0.0960. The van der Waals surface area contributed by atoms with Gasteiger partial charge in [0.05, 0.1) is 11.8 Å². The maximum Gasteiger partial charge on any atom is 0.295 e. The normalized spacial score (nSPS) is 11.4. The summed E-state index contributed by atoms with van der Waals surface area (Å²) < 4.78 is 12.2. The van der Waals surface area contributed by atoms with Crippen molar-refractivity contribution in [1.29, 1.82) is 0 Å². The van der Waals surface area contributed by atoms with Crippen LogP contribution in [0.25, 0.3) is 21.2 Å². The van der Waals surface area contributed by atoms with E-state index in [1.54, 1.807) is 18.1 Å². The number of nitrogens with zero attached hydrogens (tertiary/aromatic N) is 3.